The SMILES string of the molecule is CC1(C)CN(c2cccc(C#N)c2)CC(CO)O1. The molecular formula is C14H18N2O2. The molecule has 1 fully saturated rings. The van der Waals surface area contributed by atoms with Crippen molar-refractivity contribution in [1.29, 1.82) is 5.26 Å². The van der Waals surface area contributed by atoms with Gasteiger partial charge in [0.15, 0.2) is 0 Å². The van der Waals surface area contributed by atoms with Gasteiger partial charge < -0.3 is 14.7 Å². The van der Waals surface area contributed by atoms with Gasteiger partial charge in [0.2, 0.25) is 0 Å². The Morgan fingerprint density at radius 3 is 3.00 bits per heavy atom. The first-order chi connectivity index (χ1) is 8.54. The zero-order valence-corrected chi connectivity index (χ0v) is 10.8. The Hall–Kier alpha value is -1.57. The molecule has 1 N–H and O–H groups in total. The van der Waals surface area contributed by atoms with Crippen LogP contribution in [0.2, 0.25) is 0 Å². The fraction of sp³-hybridized carbons (Fsp3) is 0.500. The first-order valence-electron chi connectivity index (χ1n) is 6.08. The molecule has 96 valence electrons. The lowest BCUT2D eigenvalue weighted by Crippen LogP contribution is -2.54. The van der Waals surface area contributed by atoms with Crippen molar-refractivity contribution >= 4 is 5.69 Å². The minimum atomic E-state index is -0.297. The minimum absolute atomic E-state index is 0.0118. The number of rotatable bonds is 2. The van der Waals surface area contributed by atoms with Crippen LogP contribution < -0.4 is 4.90 Å². The second-order valence-electron chi connectivity index (χ2n) is 5.22. The molecule has 1 aromatic carbocycles. The van der Waals surface area contributed by atoms with Crippen LogP contribution in [-0.2, 0) is 4.74 Å². The monoisotopic (exact) mass is 246 g/mol. The van der Waals surface area contributed by atoms with Crippen LogP contribution in [0.4, 0.5) is 5.69 Å². The van der Waals surface area contributed by atoms with Crippen LogP contribution in [0.15, 0.2) is 24.3 Å². The van der Waals surface area contributed by atoms with Gasteiger partial charge in [-0.2, -0.15) is 5.26 Å². The second kappa shape index (κ2) is 4.97. The van der Waals surface area contributed by atoms with Crippen LogP contribution in [0.3, 0.4) is 0 Å². The Balaban J connectivity index is 2.23. The highest BCUT2D eigenvalue weighted by atomic mass is 16.5. The zero-order valence-electron chi connectivity index (χ0n) is 10.8. The van der Waals surface area contributed by atoms with E-state index in [0.717, 1.165) is 12.2 Å². The summed E-state index contributed by atoms with van der Waals surface area (Å²) in [4.78, 5) is 2.16. The van der Waals surface area contributed by atoms with Crippen LogP contribution >= 0.6 is 0 Å². The number of hydrogen-bond donors (Lipinski definition) is 1. The number of hydrogen-bond acceptors (Lipinski definition) is 4. The van der Waals surface area contributed by atoms with E-state index in [2.05, 4.69) is 11.0 Å². The largest absolute Gasteiger partial charge is 0.394 e. The van der Waals surface area contributed by atoms with E-state index >= 15 is 0 Å². The van der Waals surface area contributed by atoms with E-state index in [0.29, 0.717) is 12.1 Å². The van der Waals surface area contributed by atoms with Gasteiger partial charge in [0, 0.05) is 18.8 Å². The summed E-state index contributed by atoms with van der Waals surface area (Å²) in [5.74, 6) is 0. The molecule has 1 unspecified atom stereocenters. The summed E-state index contributed by atoms with van der Waals surface area (Å²) in [5.41, 5.74) is 1.36. The van der Waals surface area contributed by atoms with Crippen molar-refractivity contribution < 1.29 is 9.84 Å². The number of benzene rings is 1. The van der Waals surface area contributed by atoms with Crippen LogP contribution in [-0.4, -0.2) is 36.5 Å². The molecule has 0 aliphatic carbocycles. The molecule has 0 radical (unpaired) electrons. The molecule has 0 spiro atoms. The minimum Gasteiger partial charge on any atom is -0.394 e. The van der Waals surface area contributed by atoms with Gasteiger partial charge in [-0.25, -0.2) is 0 Å². The maximum Gasteiger partial charge on any atom is 0.0992 e. The summed E-state index contributed by atoms with van der Waals surface area (Å²) in [6.45, 7) is 5.43. The van der Waals surface area contributed by atoms with Gasteiger partial charge in [0.25, 0.3) is 0 Å². The Morgan fingerprint density at radius 1 is 1.56 bits per heavy atom. The van der Waals surface area contributed by atoms with Gasteiger partial charge in [0.05, 0.1) is 29.9 Å². The molecule has 1 heterocycles. The molecule has 1 atom stereocenters. The molecule has 4 heteroatoms. The van der Waals surface area contributed by atoms with Crippen LogP contribution in [0, 0.1) is 11.3 Å². The average Bonchev–Trinajstić information content (AvgIpc) is 2.37. The third-order valence-corrected chi connectivity index (χ3v) is 3.03. The van der Waals surface area contributed by atoms with E-state index in [4.69, 9.17) is 10.00 Å². The highest BCUT2D eigenvalue weighted by molar-refractivity contribution is 5.52. The maximum absolute atomic E-state index is 9.28. The van der Waals surface area contributed by atoms with Crippen LogP contribution in [0.25, 0.3) is 0 Å². The summed E-state index contributed by atoms with van der Waals surface area (Å²) in [6, 6.07) is 9.67. The number of aliphatic hydroxyl groups is 1. The van der Waals surface area contributed by atoms with Gasteiger partial charge in [0.1, 0.15) is 0 Å². The molecule has 1 aliphatic heterocycles. The molecule has 18 heavy (non-hydrogen) atoms. The summed E-state index contributed by atoms with van der Waals surface area (Å²) >= 11 is 0. The normalized spacial score (nSPS) is 22.6. The predicted octanol–water partition coefficient (Wildman–Crippen LogP) is 1.53. The number of nitriles is 1. The van der Waals surface area contributed by atoms with E-state index in [1.165, 1.54) is 0 Å². The summed E-state index contributed by atoms with van der Waals surface area (Å²) in [6.07, 6.45) is -0.181. The standard InChI is InChI=1S/C14H18N2O2/c1-14(2)10-16(8-13(9-17)18-14)12-5-3-4-11(6-12)7-15/h3-6,13,17H,8-10H2,1-2H3. The van der Waals surface area contributed by atoms with Crippen molar-refractivity contribution in [3.63, 3.8) is 0 Å². The van der Waals surface area contributed by atoms with Gasteiger partial charge in [-0.05, 0) is 32.0 Å². The van der Waals surface area contributed by atoms with Crippen LogP contribution in [0.5, 0.6) is 0 Å². The average molecular weight is 246 g/mol. The first-order valence-corrected chi connectivity index (χ1v) is 6.08. The molecule has 0 saturated carbocycles. The van der Waals surface area contributed by atoms with Gasteiger partial charge in [-0.3, -0.25) is 0 Å². The molecule has 1 aromatic rings. The number of nitrogens with zero attached hydrogens (tertiary/aromatic N) is 2. The van der Waals surface area contributed by atoms with E-state index in [1.807, 2.05) is 32.0 Å². The number of ether oxygens (including phenoxy) is 1. The Morgan fingerprint density at radius 2 is 2.33 bits per heavy atom. The fourth-order valence-corrected chi connectivity index (χ4v) is 2.36. The van der Waals surface area contributed by atoms with E-state index in [9.17, 15) is 5.11 Å². The van der Waals surface area contributed by atoms with Crippen molar-refractivity contribution in [2.45, 2.75) is 25.6 Å². The maximum atomic E-state index is 9.28. The fourth-order valence-electron chi connectivity index (χ4n) is 2.36. The molecule has 0 amide bonds. The third kappa shape index (κ3) is 2.81. The molecular weight excluding hydrogens is 228 g/mol. The zero-order chi connectivity index (χ0) is 13.2. The molecule has 0 bridgehead atoms. The van der Waals surface area contributed by atoms with Crippen molar-refractivity contribution in [3.8, 4) is 6.07 Å². The van der Waals surface area contributed by atoms with E-state index in [-0.39, 0.29) is 18.3 Å². The second-order valence-corrected chi connectivity index (χ2v) is 5.22. The molecule has 1 saturated heterocycles. The Labute approximate surface area is 107 Å². The molecule has 0 aromatic heterocycles. The Kier molecular flexibility index (Phi) is 3.55. The topological polar surface area (TPSA) is 56.5 Å². The Bertz CT molecular complexity index is 465. The van der Waals surface area contributed by atoms with Gasteiger partial charge in [-0.1, -0.05) is 6.07 Å². The third-order valence-electron chi connectivity index (χ3n) is 3.03. The highest BCUT2D eigenvalue weighted by Crippen LogP contribution is 2.26. The van der Waals surface area contributed by atoms with E-state index in [1.54, 1.807) is 6.07 Å². The number of anilines is 1. The number of aliphatic hydroxyl groups excluding tert-OH is 1. The summed E-state index contributed by atoms with van der Waals surface area (Å²) in [5, 5.41) is 18.2. The van der Waals surface area contributed by atoms with Crippen LogP contribution in [0.1, 0.15) is 19.4 Å². The van der Waals surface area contributed by atoms with Crippen molar-refractivity contribution in [2.75, 3.05) is 24.6 Å². The van der Waals surface area contributed by atoms with Crippen molar-refractivity contribution in [2.24, 2.45) is 0 Å². The van der Waals surface area contributed by atoms with Crippen molar-refractivity contribution in [1.82, 2.24) is 0 Å². The lowest BCUT2D eigenvalue weighted by Gasteiger charge is -2.43. The number of morpholine rings is 1. The summed E-state index contributed by atoms with van der Waals surface area (Å²) in [7, 11) is 0. The van der Waals surface area contributed by atoms with Crippen molar-refractivity contribution in [3.05, 3.63) is 29.8 Å². The molecule has 2 rings (SSSR count). The lowest BCUT2D eigenvalue weighted by molar-refractivity contribution is -0.101. The first kappa shape index (κ1) is 12.9. The smallest absolute Gasteiger partial charge is 0.0992 e. The summed E-state index contributed by atoms with van der Waals surface area (Å²) < 4.78 is 5.77. The van der Waals surface area contributed by atoms with Gasteiger partial charge in [-0.15, -0.1) is 0 Å². The molecule has 4 nitrogen and oxygen atoms in total. The highest BCUT2D eigenvalue weighted by Gasteiger charge is 2.33. The lowest BCUT2D eigenvalue weighted by atomic mass is 10.0. The predicted molar refractivity (Wildman–Crippen MR) is 69.4 cm³/mol. The van der Waals surface area contributed by atoms with E-state index < -0.39 is 0 Å². The molecule has 1 aliphatic rings. The quantitative estimate of drug-likeness (QED) is 0.860. The van der Waals surface area contributed by atoms with Gasteiger partial charge >= 0.3 is 0 Å².